The molecule has 0 spiro atoms. The van der Waals surface area contributed by atoms with E-state index in [9.17, 15) is 57.2 Å². The third-order valence-corrected chi connectivity index (χ3v) is 31.2. The van der Waals surface area contributed by atoms with E-state index in [-0.39, 0.29) is 125 Å². The molecule has 150 heavy (non-hydrogen) atoms. The number of nitrogens with zero attached hydrogens (tertiary/aromatic N) is 14. The molecule has 4 amide bonds. The van der Waals surface area contributed by atoms with Crippen molar-refractivity contribution in [1.82, 2.24) is 78.9 Å². The van der Waals surface area contributed by atoms with Crippen LogP contribution in [-0.2, 0) is 40.1 Å². The van der Waals surface area contributed by atoms with E-state index in [4.69, 9.17) is 61.8 Å². The summed E-state index contributed by atoms with van der Waals surface area (Å²) in [5, 5.41) is 4.73. The zero-order chi connectivity index (χ0) is 108. The van der Waals surface area contributed by atoms with Gasteiger partial charge in [-0.2, -0.15) is 38.8 Å². The normalized spacial score (nSPS) is 18.1. The summed E-state index contributed by atoms with van der Waals surface area (Å²) >= 11 is 0. The second kappa shape index (κ2) is 48.0. The van der Waals surface area contributed by atoms with Crippen molar-refractivity contribution in [2.45, 2.75) is 205 Å². The number of nitrogens with one attached hydrogen (secondary N) is 5. The van der Waals surface area contributed by atoms with E-state index >= 15 is 0 Å². The standard InChI is InChI=1S/C27H34N6O4S.C27H33N5O4S.C26H29FN6O4S.C26H30N6O4S/c1-17(2)37-23-12-9-19(15-29-23)21-11-10-20(25(30-21)33-14-13-18(3)27(4,5)16-33)26(34)32-38(35,36)24-8-6-7-22(28)31-24;1-16(2)15-36-23-9-5-7-20(29-23)21-14-13-19(26(30-21)25-17(3)11-12-18(25)4)27(33)32-37(34,35)24-10-6-8-22(28)31-24;1-17(2)16-37-21-13-19(12-20(27)14-21)23-6-5-22(26(34)32-38(35,36)24-8-10-29-31-24)25(30-23)33-11-3-4-18(15-33)7-9-28;1-16-9-10-17(2)32(16)25-20(26(33)31-37(34,35)24-8-4-7-22(27)30-24)12-13-21(29-25)18-11-14-23(28-15-18)36-19-5-3-6-19/h6-12,15,17-18H,13-14,16H2,1-5H3,(H2,28,31)(H,32,34);5-10,13-14,16-18,25H,11-12,15H2,1-4H3,(H2,28,31)(H,32,33);5-6,8,10,12-14,17-18H,3-4,11,15-16,28H2,1-2H3,(H,29,31)(H,32,34);4,7-8,11-17,19H,3,5-6,9-10H2,1-2H3,(H2,27,30)(H,31,33)/t;17-,18+,25?;;16-,17+. The zero-order valence-corrected chi connectivity index (χ0v) is 88.9. The molecule has 39 nitrogen and oxygen atoms in total. The Kier molecular flexibility index (Phi) is 35.4. The predicted octanol–water partition coefficient (Wildman–Crippen LogP) is 14.8. The Morgan fingerprint density at radius 1 is 0.480 bits per heavy atom. The Labute approximate surface area is 873 Å². The first-order chi connectivity index (χ1) is 71.3. The Morgan fingerprint density at radius 2 is 0.967 bits per heavy atom. The molecule has 1 aromatic carbocycles. The summed E-state index contributed by atoms with van der Waals surface area (Å²) in [6.45, 7) is 30.3. The number of sulfonamides is 4. The first-order valence-corrected chi connectivity index (χ1v) is 55.5. The SMILES string of the molecule is CC(C)COc1cc(F)cc(-c2ccc(C(=O)NS(=O)(=O)c3ccn[nH]3)c(N3CCCC(C#CN)C3)n2)c1.CC(C)COc1cccc(-c2ccc(C(=O)NS(=O)(=O)c3cccc(N)n3)c(C3[C@H](C)CC[C@@H]3C)n2)n1.CC(C)Oc1ccc(-c2ccc(C(=O)NS(=O)(=O)c3cccc(N)n3)c(N3CCC(C)C(C)(C)C3)n2)cn1.C[C@@H]1CC[C@H](C)N1c1nc(-c2ccc(OC3CCC3)nc2)ccc1C(=O)NS(=O)(=O)c1cccc(N)n1. The maximum absolute atomic E-state index is 14.5. The van der Waals surface area contributed by atoms with Crippen LogP contribution in [0, 0.1) is 58.7 Å². The summed E-state index contributed by atoms with van der Waals surface area (Å²) in [6.07, 6.45) is 14.5. The van der Waals surface area contributed by atoms with E-state index in [0.717, 1.165) is 68.9 Å². The van der Waals surface area contributed by atoms with E-state index < -0.39 is 69.5 Å². The van der Waals surface area contributed by atoms with Crippen LogP contribution in [0.4, 0.5) is 39.3 Å². The number of nitrogens with two attached hydrogens (primary N) is 4. The van der Waals surface area contributed by atoms with Crippen molar-refractivity contribution in [2.75, 3.05) is 71.3 Å². The molecule has 14 heterocycles. The minimum atomic E-state index is -4.25. The minimum Gasteiger partial charge on any atom is -0.493 e. The summed E-state index contributed by atoms with van der Waals surface area (Å²) in [4.78, 5) is 103. The van der Waals surface area contributed by atoms with E-state index in [0.29, 0.717) is 126 Å². The van der Waals surface area contributed by atoms with Gasteiger partial charge in [-0.1, -0.05) is 92.5 Å². The van der Waals surface area contributed by atoms with Gasteiger partial charge >= 0.3 is 0 Å². The number of ether oxygens (including phenoxy) is 4. The van der Waals surface area contributed by atoms with Gasteiger partial charge in [0.25, 0.3) is 63.7 Å². The van der Waals surface area contributed by atoms with Crippen LogP contribution in [0.5, 0.6) is 23.4 Å². The highest BCUT2D eigenvalue weighted by Crippen LogP contribution is 2.46. The maximum Gasteiger partial charge on any atom is 0.281 e. The number of pyridine rings is 10. The molecular formula is C106H126FN23O16S4. The third-order valence-electron chi connectivity index (χ3n) is 26.2. The van der Waals surface area contributed by atoms with Crippen LogP contribution in [-0.4, -0.2) is 181 Å². The van der Waals surface area contributed by atoms with Gasteiger partial charge in [0, 0.05) is 109 Å². The number of carbonyl (C=O) groups excluding carboxylic acids is 4. The van der Waals surface area contributed by atoms with Crippen molar-refractivity contribution < 1.29 is 76.2 Å². The molecule has 3 unspecified atom stereocenters. The van der Waals surface area contributed by atoms with E-state index in [1.807, 2.05) is 67.8 Å². The number of amides is 4. The Bertz CT molecular complexity index is 7410. The van der Waals surface area contributed by atoms with Crippen molar-refractivity contribution in [2.24, 2.45) is 46.7 Å². The van der Waals surface area contributed by atoms with Crippen LogP contribution < -0.4 is 75.5 Å². The second-order valence-corrected chi connectivity index (χ2v) is 46.2. The average molecular weight is 2130 g/mol. The van der Waals surface area contributed by atoms with Crippen molar-refractivity contribution in [3.63, 3.8) is 0 Å². The number of rotatable bonds is 30. The average Bonchev–Trinajstić information content (AvgIpc) is 0.942. The lowest BCUT2D eigenvalue weighted by atomic mass is 9.75. The van der Waals surface area contributed by atoms with Crippen LogP contribution in [0.2, 0.25) is 0 Å². The van der Waals surface area contributed by atoms with E-state index in [1.165, 1.54) is 91.5 Å². The molecule has 792 valence electrons. The fourth-order valence-corrected chi connectivity index (χ4v) is 21.6. The molecule has 12 aromatic rings. The summed E-state index contributed by atoms with van der Waals surface area (Å²) < 4.78 is 148. The molecule has 3 aliphatic heterocycles. The molecule has 17 rings (SSSR count). The van der Waals surface area contributed by atoms with Crippen molar-refractivity contribution in [1.29, 1.82) is 0 Å². The number of halogens is 1. The number of hydrogen-bond acceptors (Lipinski definition) is 34. The first kappa shape index (κ1) is 111. The Morgan fingerprint density at radius 3 is 1.46 bits per heavy atom. The second-order valence-electron chi connectivity index (χ2n) is 39.7. The van der Waals surface area contributed by atoms with Crippen LogP contribution in [0.25, 0.3) is 45.2 Å². The quantitative estimate of drug-likeness (QED) is 0.0149. The first-order valence-electron chi connectivity index (χ1n) is 49.6. The van der Waals surface area contributed by atoms with Crippen molar-refractivity contribution in [3.05, 3.63) is 222 Å². The fraction of sp³-hybridized carbons (Fsp3) is 0.387. The number of hydrogen-bond donors (Lipinski definition) is 9. The number of piperidine rings is 2. The van der Waals surface area contributed by atoms with Gasteiger partial charge in [0.2, 0.25) is 17.6 Å². The molecule has 11 aromatic heterocycles. The Balaban J connectivity index is 0.000000157. The Hall–Kier alpha value is -15.1. The summed E-state index contributed by atoms with van der Waals surface area (Å²) in [7, 11) is -16.9. The van der Waals surface area contributed by atoms with Crippen molar-refractivity contribution >= 4 is 98.6 Å². The van der Waals surface area contributed by atoms with Gasteiger partial charge in [0.1, 0.15) is 52.6 Å². The van der Waals surface area contributed by atoms with Gasteiger partial charge in [-0.15, -0.1) is 0 Å². The molecule has 7 atom stereocenters. The largest absolute Gasteiger partial charge is 0.493 e. The molecule has 44 heteroatoms. The lowest BCUT2D eigenvalue weighted by Crippen LogP contribution is -2.46. The highest BCUT2D eigenvalue weighted by Gasteiger charge is 2.41. The molecule has 3 saturated heterocycles. The highest BCUT2D eigenvalue weighted by atomic mass is 32.2. The number of benzene rings is 1. The molecule has 5 aliphatic rings. The van der Waals surface area contributed by atoms with Crippen LogP contribution >= 0.6 is 0 Å². The van der Waals surface area contributed by atoms with Crippen LogP contribution in [0.3, 0.4) is 0 Å². The zero-order valence-electron chi connectivity index (χ0n) is 85.7. The number of anilines is 6. The molecule has 0 bridgehead atoms. The number of aromatic amines is 1. The van der Waals surface area contributed by atoms with Gasteiger partial charge < -0.3 is 56.6 Å². The van der Waals surface area contributed by atoms with Crippen LogP contribution in [0.1, 0.15) is 207 Å². The number of carbonyl (C=O) groups is 4. The van der Waals surface area contributed by atoms with E-state index in [1.54, 1.807) is 73.1 Å². The van der Waals surface area contributed by atoms with E-state index in [2.05, 4.69) is 138 Å². The predicted molar refractivity (Wildman–Crippen MR) is 567 cm³/mol. The summed E-state index contributed by atoms with van der Waals surface area (Å²) in [6, 6.07) is 46.6. The van der Waals surface area contributed by atoms with Gasteiger partial charge in [0.05, 0.1) is 81.9 Å². The molecule has 2 aliphatic carbocycles. The molecular weight excluding hydrogens is 2000 g/mol. The third kappa shape index (κ3) is 28.1. The number of nitrogen functional groups attached to an aromatic ring is 3. The summed E-state index contributed by atoms with van der Waals surface area (Å²) in [5.41, 5.74) is 28.3. The summed E-state index contributed by atoms with van der Waals surface area (Å²) in [5.74, 6) is 4.05. The number of H-pyrrole nitrogens is 1. The molecule has 0 radical (unpaired) electrons. The number of aromatic nitrogens is 12. The molecule has 5 fully saturated rings. The minimum absolute atomic E-state index is 0.000438. The topological polar surface area (TPSA) is 561 Å². The molecule has 2 saturated carbocycles. The van der Waals surface area contributed by atoms with Gasteiger partial charge in [0.15, 0.2) is 20.1 Å². The molecule has 13 N–H and O–H groups in total. The monoisotopic (exact) mass is 2120 g/mol. The smallest absolute Gasteiger partial charge is 0.281 e. The van der Waals surface area contributed by atoms with Gasteiger partial charge in [-0.05, 0) is 248 Å². The van der Waals surface area contributed by atoms with Gasteiger partial charge in [-0.25, -0.2) is 68.1 Å². The van der Waals surface area contributed by atoms with Gasteiger partial charge in [-0.3, -0.25) is 29.3 Å². The lowest BCUT2D eigenvalue weighted by Gasteiger charge is -2.43. The lowest BCUT2D eigenvalue weighted by molar-refractivity contribution is 0.0970. The maximum atomic E-state index is 14.5. The van der Waals surface area contributed by atoms with Crippen molar-refractivity contribution in [3.8, 4) is 80.5 Å². The van der Waals surface area contributed by atoms with Crippen LogP contribution in [0.15, 0.2) is 209 Å². The highest BCUT2D eigenvalue weighted by molar-refractivity contribution is 7.90. The fourth-order valence-electron chi connectivity index (χ4n) is 17.9.